The quantitative estimate of drug-likeness (QED) is 0.611. The van der Waals surface area contributed by atoms with E-state index < -0.39 is 24.0 Å². The van der Waals surface area contributed by atoms with E-state index in [-0.39, 0.29) is 19.1 Å². The first-order valence-corrected chi connectivity index (χ1v) is 9.67. The number of hydrogen-bond acceptors (Lipinski definition) is 4. The van der Waals surface area contributed by atoms with Gasteiger partial charge >= 0.3 is 12.1 Å². The highest BCUT2D eigenvalue weighted by Gasteiger charge is 2.28. The van der Waals surface area contributed by atoms with Crippen LogP contribution in [0.1, 0.15) is 30.9 Å². The highest BCUT2D eigenvalue weighted by molar-refractivity contribution is 5.95. The molecular weight excluding hydrogens is 384 g/mol. The van der Waals surface area contributed by atoms with E-state index in [1.807, 2.05) is 36.4 Å². The van der Waals surface area contributed by atoms with E-state index in [2.05, 4.69) is 22.8 Å². The third kappa shape index (κ3) is 4.68. The van der Waals surface area contributed by atoms with Crippen LogP contribution in [-0.2, 0) is 14.3 Å². The van der Waals surface area contributed by atoms with Crippen molar-refractivity contribution in [2.24, 2.45) is 0 Å². The number of ether oxygens (including phenoxy) is 1. The van der Waals surface area contributed by atoms with E-state index in [4.69, 9.17) is 9.84 Å². The molecule has 0 aromatic heterocycles. The molecule has 7 nitrogen and oxygen atoms in total. The van der Waals surface area contributed by atoms with Crippen molar-refractivity contribution in [1.82, 2.24) is 10.6 Å². The van der Waals surface area contributed by atoms with Crippen molar-refractivity contribution < 1.29 is 24.2 Å². The minimum Gasteiger partial charge on any atom is -0.480 e. The molecule has 0 unspecified atom stereocenters. The Kier molecular flexibility index (Phi) is 6.51. The smallest absolute Gasteiger partial charge is 0.407 e. The molecule has 156 valence electrons. The molecule has 30 heavy (non-hydrogen) atoms. The largest absolute Gasteiger partial charge is 0.480 e. The second-order valence-corrected chi connectivity index (χ2v) is 7.13. The highest BCUT2D eigenvalue weighted by Crippen LogP contribution is 2.44. The Hall–Kier alpha value is -3.61. The van der Waals surface area contributed by atoms with E-state index in [1.165, 1.54) is 13.0 Å². The molecule has 1 aliphatic carbocycles. The number of aliphatic carboxylic acids is 1. The summed E-state index contributed by atoms with van der Waals surface area (Å²) in [5.74, 6) is -1.64. The highest BCUT2D eigenvalue weighted by atomic mass is 16.5. The monoisotopic (exact) mass is 408 g/mol. The average molecular weight is 408 g/mol. The molecular formula is C23H24N2O5. The van der Waals surface area contributed by atoms with Crippen LogP contribution in [0.2, 0.25) is 0 Å². The SMILES string of the molecule is C/C(=C\CNC(=O)OCC1c2ccccc2-c2ccccc21)C(=O)N[C@H](C)C(=O)O. The van der Waals surface area contributed by atoms with Crippen molar-refractivity contribution in [2.75, 3.05) is 13.2 Å². The molecule has 2 amide bonds. The topological polar surface area (TPSA) is 105 Å². The minimum absolute atomic E-state index is 0.0243. The molecule has 1 aliphatic rings. The molecule has 0 saturated heterocycles. The van der Waals surface area contributed by atoms with Gasteiger partial charge < -0.3 is 20.5 Å². The van der Waals surface area contributed by atoms with Crippen molar-refractivity contribution in [3.63, 3.8) is 0 Å². The summed E-state index contributed by atoms with van der Waals surface area (Å²) in [6.07, 6.45) is 0.922. The van der Waals surface area contributed by atoms with Gasteiger partial charge in [0.2, 0.25) is 5.91 Å². The predicted molar refractivity (Wildman–Crippen MR) is 112 cm³/mol. The number of hydrogen-bond donors (Lipinski definition) is 3. The van der Waals surface area contributed by atoms with Gasteiger partial charge in [0.15, 0.2) is 0 Å². The second kappa shape index (κ2) is 9.26. The fraction of sp³-hybridized carbons (Fsp3) is 0.261. The number of fused-ring (bicyclic) bond motifs is 3. The minimum atomic E-state index is -1.12. The van der Waals surface area contributed by atoms with Crippen LogP contribution < -0.4 is 10.6 Å². The van der Waals surface area contributed by atoms with Gasteiger partial charge in [0.25, 0.3) is 0 Å². The number of rotatable bonds is 7. The van der Waals surface area contributed by atoms with Gasteiger partial charge in [0, 0.05) is 18.0 Å². The maximum atomic E-state index is 12.1. The van der Waals surface area contributed by atoms with E-state index in [1.54, 1.807) is 6.92 Å². The first-order chi connectivity index (χ1) is 14.4. The number of nitrogens with one attached hydrogen (secondary N) is 2. The summed E-state index contributed by atoms with van der Waals surface area (Å²) < 4.78 is 5.42. The lowest BCUT2D eigenvalue weighted by molar-refractivity contribution is -0.140. The maximum Gasteiger partial charge on any atom is 0.407 e. The van der Waals surface area contributed by atoms with Crippen LogP contribution >= 0.6 is 0 Å². The third-order valence-corrected chi connectivity index (χ3v) is 5.07. The van der Waals surface area contributed by atoms with Crippen molar-refractivity contribution in [1.29, 1.82) is 0 Å². The van der Waals surface area contributed by atoms with Crippen LogP contribution in [0.4, 0.5) is 4.79 Å². The van der Waals surface area contributed by atoms with E-state index >= 15 is 0 Å². The number of carboxylic acids is 1. The molecule has 0 saturated carbocycles. The van der Waals surface area contributed by atoms with Crippen LogP contribution in [0.25, 0.3) is 11.1 Å². The molecule has 3 rings (SSSR count). The number of carbonyl (C=O) groups excluding carboxylic acids is 2. The standard InChI is InChI=1S/C23H24N2O5/c1-14(21(26)25-15(2)22(27)28)11-12-24-23(29)30-13-20-18-9-5-3-7-16(18)17-8-4-6-10-19(17)20/h3-11,15,20H,12-13H2,1-2H3,(H,24,29)(H,25,26)(H,27,28)/b14-11+/t15-/m1/s1. The van der Waals surface area contributed by atoms with Gasteiger partial charge in [-0.3, -0.25) is 9.59 Å². The van der Waals surface area contributed by atoms with Crippen molar-refractivity contribution >= 4 is 18.0 Å². The second-order valence-electron chi connectivity index (χ2n) is 7.13. The Morgan fingerprint density at radius 3 is 2.20 bits per heavy atom. The van der Waals surface area contributed by atoms with Crippen LogP contribution in [-0.4, -0.2) is 42.3 Å². The lowest BCUT2D eigenvalue weighted by atomic mass is 9.98. The predicted octanol–water partition coefficient (Wildman–Crippen LogP) is 3.06. The Balaban J connectivity index is 1.53. The number of carboxylic acid groups (broad SMARTS) is 1. The van der Waals surface area contributed by atoms with Gasteiger partial charge in [-0.15, -0.1) is 0 Å². The number of carbonyl (C=O) groups is 3. The van der Waals surface area contributed by atoms with Gasteiger partial charge in [-0.25, -0.2) is 4.79 Å². The molecule has 0 radical (unpaired) electrons. The molecule has 2 aromatic rings. The van der Waals surface area contributed by atoms with Gasteiger partial charge in [0.1, 0.15) is 12.6 Å². The average Bonchev–Trinajstić information content (AvgIpc) is 3.05. The maximum absolute atomic E-state index is 12.1. The third-order valence-electron chi connectivity index (χ3n) is 5.07. The molecule has 1 atom stereocenters. The molecule has 2 aromatic carbocycles. The van der Waals surface area contributed by atoms with Crippen LogP contribution in [0, 0.1) is 0 Å². The van der Waals surface area contributed by atoms with Crippen LogP contribution in [0.3, 0.4) is 0 Å². The van der Waals surface area contributed by atoms with E-state index in [0.717, 1.165) is 22.3 Å². The van der Waals surface area contributed by atoms with Gasteiger partial charge in [-0.2, -0.15) is 0 Å². The number of benzene rings is 2. The lowest BCUT2D eigenvalue weighted by Gasteiger charge is -2.14. The van der Waals surface area contributed by atoms with Crippen molar-refractivity contribution in [2.45, 2.75) is 25.8 Å². The Bertz CT molecular complexity index is 953. The summed E-state index contributed by atoms with van der Waals surface area (Å²) in [4.78, 5) is 34.8. The van der Waals surface area contributed by atoms with Gasteiger partial charge in [-0.05, 0) is 36.1 Å². The number of amides is 2. The summed E-state index contributed by atoms with van der Waals surface area (Å²) in [5, 5.41) is 13.8. The van der Waals surface area contributed by atoms with Crippen molar-refractivity contribution in [3.8, 4) is 11.1 Å². The van der Waals surface area contributed by atoms with Crippen molar-refractivity contribution in [3.05, 3.63) is 71.3 Å². The molecule has 0 bridgehead atoms. The van der Waals surface area contributed by atoms with Crippen LogP contribution in [0.15, 0.2) is 60.2 Å². The normalized spacial score (nSPS) is 13.7. The fourth-order valence-electron chi connectivity index (χ4n) is 3.40. The molecule has 0 aliphatic heterocycles. The summed E-state index contributed by atoms with van der Waals surface area (Å²) in [7, 11) is 0. The molecule has 0 heterocycles. The van der Waals surface area contributed by atoms with Gasteiger partial charge in [-0.1, -0.05) is 54.6 Å². The summed E-state index contributed by atoms with van der Waals surface area (Å²) in [5.41, 5.74) is 4.88. The Labute approximate surface area is 174 Å². The zero-order valence-electron chi connectivity index (χ0n) is 16.8. The molecule has 0 fully saturated rings. The first kappa shape index (κ1) is 21.1. The summed E-state index contributed by atoms with van der Waals surface area (Å²) >= 11 is 0. The molecule has 7 heteroatoms. The lowest BCUT2D eigenvalue weighted by Crippen LogP contribution is -2.38. The number of alkyl carbamates (subject to hydrolysis) is 1. The summed E-state index contributed by atoms with van der Waals surface area (Å²) in [6, 6.07) is 15.2. The fourth-order valence-corrected chi connectivity index (χ4v) is 3.40. The van der Waals surface area contributed by atoms with E-state index in [9.17, 15) is 14.4 Å². The zero-order valence-corrected chi connectivity index (χ0v) is 16.8. The zero-order chi connectivity index (χ0) is 21.7. The van der Waals surface area contributed by atoms with Crippen LogP contribution in [0.5, 0.6) is 0 Å². The Morgan fingerprint density at radius 1 is 1.07 bits per heavy atom. The molecule has 0 spiro atoms. The molecule has 3 N–H and O–H groups in total. The van der Waals surface area contributed by atoms with Gasteiger partial charge in [0.05, 0.1) is 0 Å². The van der Waals surface area contributed by atoms with E-state index in [0.29, 0.717) is 5.57 Å². The Morgan fingerprint density at radius 2 is 1.63 bits per heavy atom. The summed E-state index contributed by atoms with van der Waals surface area (Å²) in [6.45, 7) is 3.22. The first-order valence-electron chi connectivity index (χ1n) is 9.67.